The predicted octanol–water partition coefficient (Wildman–Crippen LogP) is 3.57. The van der Waals surface area contributed by atoms with Crippen LogP contribution in [0.2, 0.25) is 0 Å². The summed E-state index contributed by atoms with van der Waals surface area (Å²) in [5.41, 5.74) is 2.34. The fourth-order valence-electron chi connectivity index (χ4n) is 3.03. The average Bonchev–Trinajstić information content (AvgIpc) is 2.57. The Bertz CT molecular complexity index is 649. The molecule has 0 spiro atoms. The molecule has 1 aromatic carbocycles. The maximum Gasteiger partial charge on any atom is 0.251 e. The Morgan fingerprint density at radius 3 is 2.74 bits per heavy atom. The van der Waals surface area contributed by atoms with E-state index in [0.29, 0.717) is 5.95 Å². The Kier molecular flexibility index (Phi) is 4.74. The van der Waals surface area contributed by atoms with Gasteiger partial charge in [-0.05, 0) is 50.3 Å². The van der Waals surface area contributed by atoms with Crippen LogP contribution in [0.1, 0.15) is 32.3 Å². The quantitative estimate of drug-likeness (QED) is 0.863. The van der Waals surface area contributed by atoms with Crippen LogP contribution in [0.5, 0.6) is 0 Å². The fourth-order valence-corrected chi connectivity index (χ4v) is 3.03. The van der Waals surface area contributed by atoms with Gasteiger partial charge in [0.2, 0.25) is 0 Å². The number of hydrogen-bond acceptors (Lipinski definition) is 5. The van der Waals surface area contributed by atoms with E-state index in [9.17, 15) is 0 Å². The molecule has 2 heterocycles. The van der Waals surface area contributed by atoms with Crippen molar-refractivity contribution in [2.75, 3.05) is 29.4 Å². The minimum absolute atomic E-state index is 0.675. The first-order valence-electron chi connectivity index (χ1n) is 8.46. The second-order valence-electron chi connectivity index (χ2n) is 6.37. The molecular weight excluding hydrogens is 286 g/mol. The van der Waals surface area contributed by atoms with E-state index in [2.05, 4.69) is 65.0 Å². The van der Waals surface area contributed by atoms with Gasteiger partial charge in [0.15, 0.2) is 5.82 Å². The van der Waals surface area contributed by atoms with Crippen LogP contribution < -0.4 is 9.80 Å². The molecule has 0 amide bonds. The summed E-state index contributed by atoms with van der Waals surface area (Å²) >= 11 is 0. The van der Waals surface area contributed by atoms with E-state index in [1.54, 1.807) is 6.20 Å². The van der Waals surface area contributed by atoms with Crippen LogP contribution in [0.4, 0.5) is 17.5 Å². The largest absolute Gasteiger partial charge is 0.355 e. The number of anilines is 3. The predicted molar refractivity (Wildman–Crippen MR) is 94.3 cm³/mol. The second kappa shape index (κ2) is 6.94. The van der Waals surface area contributed by atoms with Crippen molar-refractivity contribution in [3.8, 4) is 0 Å². The normalized spacial score (nSPS) is 15.7. The first kappa shape index (κ1) is 15.7. The molecule has 0 bridgehead atoms. The third-order valence-corrected chi connectivity index (χ3v) is 4.51. The van der Waals surface area contributed by atoms with Gasteiger partial charge in [0, 0.05) is 25.3 Å². The third-order valence-electron chi connectivity index (χ3n) is 4.51. The molecule has 0 saturated carbocycles. The molecule has 0 atom stereocenters. The maximum atomic E-state index is 4.78. The molecule has 5 nitrogen and oxygen atoms in total. The topological polar surface area (TPSA) is 45.2 Å². The van der Waals surface area contributed by atoms with Crippen molar-refractivity contribution in [1.82, 2.24) is 15.2 Å². The first-order chi connectivity index (χ1) is 11.2. The number of aryl methyl sites for hydroxylation is 1. The first-order valence-corrected chi connectivity index (χ1v) is 8.46. The molecule has 0 unspecified atom stereocenters. The summed E-state index contributed by atoms with van der Waals surface area (Å²) < 4.78 is 0. The molecule has 2 aromatic rings. The minimum atomic E-state index is 0.675. The molecule has 23 heavy (non-hydrogen) atoms. The van der Waals surface area contributed by atoms with Crippen molar-refractivity contribution in [1.29, 1.82) is 0 Å². The van der Waals surface area contributed by atoms with Crippen LogP contribution in [-0.4, -0.2) is 34.8 Å². The number of benzene rings is 1. The second-order valence-corrected chi connectivity index (χ2v) is 6.37. The van der Waals surface area contributed by atoms with Crippen molar-refractivity contribution < 1.29 is 0 Å². The van der Waals surface area contributed by atoms with Crippen molar-refractivity contribution in [2.45, 2.75) is 33.6 Å². The van der Waals surface area contributed by atoms with Gasteiger partial charge in [-0.2, -0.15) is 10.1 Å². The highest BCUT2D eigenvalue weighted by molar-refractivity contribution is 5.58. The lowest BCUT2D eigenvalue weighted by atomic mass is 9.99. The number of piperidine rings is 1. The van der Waals surface area contributed by atoms with E-state index in [0.717, 1.165) is 37.1 Å². The molecular formula is C18H25N5. The van der Waals surface area contributed by atoms with Crippen molar-refractivity contribution >= 4 is 17.5 Å². The van der Waals surface area contributed by atoms with E-state index in [4.69, 9.17) is 4.98 Å². The molecule has 1 fully saturated rings. The standard InChI is InChI=1S/C18H25N5/c1-4-23(16-7-5-6-15(3)12-16)18-20-17(13-19-21-18)22-10-8-14(2)9-11-22/h5-7,12-14H,4,8-11H2,1-3H3. The van der Waals surface area contributed by atoms with E-state index in [-0.39, 0.29) is 0 Å². The van der Waals surface area contributed by atoms with E-state index >= 15 is 0 Å². The fraction of sp³-hybridized carbons (Fsp3) is 0.500. The number of rotatable bonds is 4. The number of nitrogens with zero attached hydrogens (tertiary/aromatic N) is 5. The average molecular weight is 311 g/mol. The van der Waals surface area contributed by atoms with Crippen LogP contribution >= 0.6 is 0 Å². The Labute approximate surface area is 138 Å². The van der Waals surface area contributed by atoms with E-state index in [1.807, 2.05) is 0 Å². The van der Waals surface area contributed by atoms with Gasteiger partial charge >= 0.3 is 0 Å². The van der Waals surface area contributed by atoms with Crippen LogP contribution in [0.3, 0.4) is 0 Å². The van der Waals surface area contributed by atoms with Gasteiger partial charge in [0.25, 0.3) is 5.95 Å². The Hall–Kier alpha value is -2.17. The highest BCUT2D eigenvalue weighted by Crippen LogP contribution is 2.25. The Balaban J connectivity index is 1.85. The SMILES string of the molecule is CCN(c1cccc(C)c1)c1nncc(N2CCC(C)CC2)n1. The Morgan fingerprint density at radius 2 is 2.04 bits per heavy atom. The molecule has 1 aliphatic rings. The van der Waals surface area contributed by atoms with Gasteiger partial charge in [-0.25, -0.2) is 0 Å². The summed E-state index contributed by atoms with van der Waals surface area (Å²) in [6.45, 7) is 9.44. The lowest BCUT2D eigenvalue weighted by molar-refractivity contribution is 0.436. The molecule has 122 valence electrons. The molecule has 1 aliphatic heterocycles. The number of hydrogen-bond donors (Lipinski definition) is 0. The monoisotopic (exact) mass is 311 g/mol. The summed E-state index contributed by atoms with van der Waals surface area (Å²) in [6.07, 6.45) is 4.22. The molecule has 0 radical (unpaired) electrons. The highest BCUT2D eigenvalue weighted by Gasteiger charge is 2.19. The summed E-state index contributed by atoms with van der Waals surface area (Å²) in [4.78, 5) is 9.21. The molecule has 1 aromatic heterocycles. The number of aromatic nitrogens is 3. The van der Waals surface area contributed by atoms with Crippen LogP contribution in [0.25, 0.3) is 0 Å². The summed E-state index contributed by atoms with van der Waals surface area (Å²) in [7, 11) is 0. The van der Waals surface area contributed by atoms with Crippen LogP contribution in [0.15, 0.2) is 30.5 Å². The summed E-state index contributed by atoms with van der Waals surface area (Å²) in [5.74, 6) is 2.42. The van der Waals surface area contributed by atoms with Gasteiger partial charge in [-0.1, -0.05) is 19.1 Å². The third kappa shape index (κ3) is 3.60. The van der Waals surface area contributed by atoms with Gasteiger partial charge in [0.1, 0.15) is 0 Å². The Morgan fingerprint density at radius 1 is 1.26 bits per heavy atom. The molecule has 3 rings (SSSR count). The summed E-state index contributed by atoms with van der Waals surface area (Å²) in [6, 6.07) is 8.41. The van der Waals surface area contributed by atoms with E-state index < -0.39 is 0 Å². The van der Waals surface area contributed by atoms with Crippen molar-refractivity contribution in [3.05, 3.63) is 36.0 Å². The minimum Gasteiger partial charge on any atom is -0.355 e. The molecule has 0 N–H and O–H groups in total. The lowest BCUT2D eigenvalue weighted by Gasteiger charge is -2.31. The zero-order valence-electron chi connectivity index (χ0n) is 14.2. The lowest BCUT2D eigenvalue weighted by Crippen LogP contribution is -2.34. The van der Waals surface area contributed by atoms with Gasteiger partial charge in [0.05, 0.1) is 6.20 Å². The smallest absolute Gasteiger partial charge is 0.251 e. The zero-order valence-corrected chi connectivity index (χ0v) is 14.2. The zero-order chi connectivity index (χ0) is 16.2. The van der Waals surface area contributed by atoms with Crippen molar-refractivity contribution in [3.63, 3.8) is 0 Å². The molecule has 5 heteroatoms. The van der Waals surface area contributed by atoms with Crippen molar-refractivity contribution in [2.24, 2.45) is 5.92 Å². The maximum absolute atomic E-state index is 4.78. The molecule has 0 aliphatic carbocycles. The van der Waals surface area contributed by atoms with E-state index in [1.165, 1.54) is 18.4 Å². The van der Waals surface area contributed by atoms with Crippen LogP contribution in [-0.2, 0) is 0 Å². The van der Waals surface area contributed by atoms with Crippen LogP contribution in [0, 0.1) is 12.8 Å². The highest BCUT2D eigenvalue weighted by atomic mass is 15.3. The van der Waals surface area contributed by atoms with Gasteiger partial charge in [-0.15, -0.1) is 5.10 Å². The molecule has 1 saturated heterocycles. The summed E-state index contributed by atoms with van der Waals surface area (Å²) in [5, 5.41) is 8.46. The van der Waals surface area contributed by atoms with Gasteiger partial charge < -0.3 is 9.80 Å². The van der Waals surface area contributed by atoms with Gasteiger partial charge in [-0.3, -0.25) is 0 Å².